The van der Waals surface area contributed by atoms with Crippen LogP contribution in [0.15, 0.2) is 29.4 Å². The van der Waals surface area contributed by atoms with Crippen LogP contribution < -0.4 is 5.84 Å². The predicted octanol–water partition coefficient (Wildman–Crippen LogP) is 4.63. The quantitative estimate of drug-likeness (QED) is 0.649. The van der Waals surface area contributed by atoms with Crippen molar-refractivity contribution in [2.45, 2.75) is 75.1 Å². The van der Waals surface area contributed by atoms with Crippen LogP contribution in [0.5, 0.6) is 0 Å². The van der Waals surface area contributed by atoms with Gasteiger partial charge in [-0.1, -0.05) is 76.1 Å². The van der Waals surface area contributed by atoms with Crippen LogP contribution in [0.1, 0.15) is 75.7 Å². The van der Waals surface area contributed by atoms with E-state index in [0.29, 0.717) is 5.92 Å². The summed E-state index contributed by atoms with van der Waals surface area (Å²) in [7, 11) is 0. The van der Waals surface area contributed by atoms with Crippen LogP contribution in [0.4, 0.5) is 0 Å². The largest absolute Gasteiger partial charge is 0.336 e. The summed E-state index contributed by atoms with van der Waals surface area (Å²) in [4.78, 5) is 0. The van der Waals surface area contributed by atoms with Crippen molar-refractivity contribution >= 4 is 11.8 Å². The zero-order valence-electron chi connectivity index (χ0n) is 15.0. The van der Waals surface area contributed by atoms with Crippen LogP contribution in [0.3, 0.4) is 0 Å². The Labute approximate surface area is 149 Å². The van der Waals surface area contributed by atoms with Crippen molar-refractivity contribution in [2.24, 2.45) is 0 Å². The van der Waals surface area contributed by atoms with Crippen LogP contribution in [0.25, 0.3) is 0 Å². The molecular formula is C19H28N4S. The van der Waals surface area contributed by atoms with Gasteiger partial charge in [0.2, 0.25) is 5.16 Å². The molecule has 0 radical (unpaired) electrons. The molecule has 0 bridgehead atoms. The maximum Gasteiger partial charge on any atom is 0.210 e. The number of hydrogen-bond acceptors (Lipinski definition) is 4. The average molecular weight is 345 g/mol. The molecule has 4 nitrogen and oxygen atoms in total. The van der Waals surface area contributed by atoms with Crippen molar-refractivity contribution in [1.82, 2.24) is 14.9 Å². The van der Waals surface area contributed by atoms with Gasteiger partial charge in [-0.2, -0.15) is 0 Å². The van der Waals surface area contributed by atoms with Crippen LogP contribution >= 0.6 is 11.8 Å². The fourth-order valence-electron chi connectivity index (χ4n) is 3.27. The summed E-state index contributed by atoms with van der Waals surface area (Å²) in [6.07, 6.45) is 6.27. The summed E-state index contributed by atoms with van der Waals surface area (Å²) in [6, 6.07) is 8.84. The third-order valence-electron chi connectivity index (χ3n) is 4.85. The first-order valence-electron chi connectivity index (χ1n) is 8.88. The van der Waals surface area contributed by atoms with E-state index in [1.165, 1.54) is 43.2 Å². The lowest BCUT2D eigenvalue weighted by atomic mass is 9.87. The molecule has 0 spiro atoms. The molecule has 1 aromatic heterocycles. The summed E-state index contributed by atoms with van der Waals surface area (Å²) < 4.78 is 1.71. The van der Waals surface area contributed by atoms with Gasteiger partial charge >= 0.3 is 0 Å². The van der Waals surface area contributed by atoms with Gasteiger partial charge in [-0.3, -0.25) is 0 Å². The van der Waals surface area contributed by atoms with Gasteiger partial charge in [0.05, 0.1) is 0 Å². The number of thioether (sulfide) groups is 1. The lowest BCUT2D eigenvalue weighted by Crippen LogP contribution is -2.18. The fourth-order valence-corrected chi connectivity index (χ4v) is 4.09. The Bertz CT molecular complexity index is 664. The molecule has 0 unspecified atom stereocenters. The summed E-state index contributed by atoms with van der Waals surface area (Å²) >= 11 is 1.66. The van der Waals surface area contributed by atoms with E-state index in [-0.39, 0.29) is 5.41 Å². The normalized spacial score (nSPS) is 16.5. The van der Waals surface area contributed by atoms with E-state index in [9.17, 15) is 0 Å². The SMILES string of the molecule is CC(C)(C)c1ccc(CSc2nnc(C3CCCCC3)n2N)cc1. The number of benzene rings is 1. The first-order chi connectivity index (χ1) is 11.4. The molecule has 0 saturated heterocycles. The summed E-state index contributed by atoms with van der Waals surface area (Å²) in [5.41, 5.74) is 2.84. The molecular weight excluding hydrogens is 316 g/mol. The fraction of sp³-hybridized carbons (Fsp3) is 0.579. The highest BCUT2D eigenvalue weighted by Gasteiger charge is 2.22. The average Bonchev–Trinajstić information content (AvgIpc) is 2.94. The third kappa shape index (κ3) is 3.94. The molecule has 1 aliphatic carbocycles. The standard InChI is InChI=1S/C19H28N4S/c1-19(2,3)16-11-9-14(10-12-16)13-24-18-22-21-17(23(18)20)15-7-5-4-6-8-15/h9-12,15H,4-8,13,20H2,1-3H3. The predicted molar refractivity (Wildman–Crippen MR) is 101 cm³/mol. The Morgan fingerprint density at radius 1 is 1.08 bits per heavy atom. The Morgan fingerprint density at radius 3 is 2.38 bits per heavy atom. The third-order valence-corrected chi connectivity index (χ3v) is 5.86. The minimum atomic E-state index is 0.192. The minimum absolute atomic E-state index is 0.192. The molecule has 2 N–H and O–H groups in total. The topological polar surface area (TPSA) is 56.7 Å². The summed E-state index contributed by atoms with van der Waals surface area (Å²) in [5.74, 6) is 8.56. The molecule has 2 aromatic rings. The zero-order chi connectivity index (χ0) is 17.2. The highest BCUT2D eigenvalue weighted by molar-refractivity contribution is 7.98. The molecule has 1 heterocycles. The number of nitrogens with two attached hydrogens (primary N) is 1. The second-order valence-corrected chi connectivity index (χ2v) is 8.72. The first kappa shape index (κ1) is 17.3. The van der Waals surface area contributed by atoms with Crippen molar-refractivity contribution in [2.75, 3.05) is 5.84 Å². The maximum atomic E-state index is 6.25. The maximum absolute atomic E-state index is 6.25. The Kier molecular flexibility index (Phi) is 5.18. The second-order valence-electron chi connectivity index (χ2n) is 7.78. The molecule has 0 aliphatic heterocycles. The molecule has 1 aromatic carbocycles. The highest BCUT2D eigenvalue weighted by atomic mass is 32.2. The molecule has 1 fully saturated rings. The smallest absolute Gasteiger partial charge is 0.210 e. The van der Waals surface area contributed by atoms with E-state index >= 15 is 0 Å². The molecule has 0 atom stereocenters. The van der Waals surface area contributed by atoms with Crippen molar-refractivity contribution in [3.05, 3.63) is 41.2 Å². The zero-order valence-corrected chi connectivity index (χ0v) is 15.8. The monoisotopic (exact) mass is 344 g/mol. The molecule has 3 rings (SSSR count). The number of nitrogen functional groups attached to an aromatic ring is 1. The van der Waals surface area contributed by atoms with E-state index in [4.69, 9.17) is 5.84 Å². The lowest BCUT2D eigenvalue weighted by molar-refractivity contribution is 0.421. The molecule has 0 amide bonds. The number of rotatable bonds is 4. The summed E-state index contributed by atoms with van der Waals surface area (Å²) in [5, 5.41) is 9.49. The van der Waals surface area contributed by atoms with Gasteiger partial charge in [-0.05, 0) is 29.4 Å². The van der Waals surface area contributed by atoms with Gasteiger partial charge in [0.15, 0.2) is 5.82 Å². The first-order valence-corrected chi connectivity index (χ1v) is 9.86. The molecule has 1 saturated carbocycles. The van der Waals surface area contributed by atoms with E-state index in [2.05, 4.69) is 55.2 Å². The van der Waals surface area contributed by atoms with Crippen LogP contribution in [-0.2, 0) is 11.2 Å². The van der Waals surface area contributed by atoms with Gasteiger partial charge < -0.3 is 5.84 Å². The van der Waals surface area contributed by atoms with Gasteiger partial charge in [-0.15, -0.1) is 10.2 Å². The van der Waals surface area contributed by atoms with Crippen LogP contribution in [0, 0.1) is 0 Å². The van der Waals surface area contributed by atoms with Crippen molar-refractivity contribution in [1.29, 1.82) is 0 Å². The lowest BCUT2D eigenvalue weighted by Gasteiger charge is -2.20. The number of aromatic nitrogens is 3. The van der Waals surface area contributed by atoms with E-state index in [1.54, 1.807) is 16.4 Å². The number of nitrogens with zero attached hydrogens (tertiary/aromatic N) is 3. The van der Waals surface area contributed by atoms with E-state index in [1.807, 2.05) is 0 Å². The second kappa shape index (κ2) is 7.18. The van der Waals surface area contributed by atoms with E-state index in [0.717, 1.165) is 16.7 Å². The van der Waals surface area contributed by atoms with Crippen molar-refractivity contribution in [3.63, 3.8) is 0 Å². The Balaban J connectivity index is 1.63. The van der Waals surface area contributed by atoms with Gasteiger partial charge in [0.25, 0.3) is 0 Å². The summed E-state index contributed by atoms with van der Waals surface area (Å²) in [6.45, 7) is 6.71. The number of hydrogen-bond donors (Lipinski definition) is 1. The Morgan fingerprint density at radius 2 is 1.75 bits per heavy atom. The highest BCUT2D eigenvalue weighted by Crippen LogP contribution is 2.32. The van der Waals surface area contributed by atoms with Crippen LogP contribution in [0.2, 0.25) is 0 Å². The molecule has 130 valence electrons. The Hall–Kier alpha value is -1.49. The van der Waals surface area contributed by atoms with Gasteiger partial charge in [-0.25, -0.2) is 4.68 Å². The minimum Gasteiger partial charge on any atom is -0.336 e. The molecule has 24 heavy (non-hydrogen) atoms. The van der Waals surface area contributed by atoms with E-state index < -0.39 is 0 Å². The molecule has 1 aliphatic rings. The van der Waals surface area contributed by atoms with Gasteiger partial charge in [0.1, 0.15) is 0 Å². The van der Waals surface area contributed by atoms with Gasteiger partial charge in [0, 0.05) is 11.7 Å². The molecule has 5 heteroatoms. The van der Waals surface area contributed by atoms with Crippen molar-refractivity contribution < 1.29 is 0 Å². The van der Waals surface area contributed by atoms with Crippen LogP contribution in [-0.4, -0.2) is 14.9 Å². The van der Waals surface area contributed by atoms with Crippen molar-refractivity contribution in [3.8, 4) is 0 Å².